The van der Waals surface area contributed by atoms with Gasteiger partial charge < -0.3 is 10.6 Å². The second-order valence-corrected chi connectivity index (χ2v) is 4.88. The monoisotopic (exact) mass is 204 g/mol. The highest BCUT2D eigenvalue weighted by molar-refractivity contribution is 5.58. The Morgan fingerprint density at radius 2 is 2.00 bits per heavy atom. The van der Waals surface area contributed by atoms with E-state index in [0.29, 0.717) is 12.0 Å². The first-order chi connectivity index (χ1) is 7.08. The smallest absolute Gasteiger partial charge is 0.0405 e. The van der Waals surface area contributed by atoms with Crippen LogP contribution in [0.15, 0.2) is 18.2 Å². The number of hydrogen-bond donors (Lipinski definition) is 1. The number of rotatable bonds is 2. The number of nitrogens with two attached hydrogens (primary N) is 1. The van der Waals surface area contributed by atoms with Crippen LogP contribution in [0.2, 0.25) is 0 Å². The minimum absolute atomic E-state index is 0.366. The molecule has 1 aliphatic rings. The van der Waals surface area contributed by atoms with Gasteiger partial charge in [0.15, 0.2) is 0 Å². The molecule has 0 unspecified atom stereocenters. The molecule has 2 nitrogen and oxygen atoms in total. The first kappa shape index (κ1) is 10.5. The highest BCUT2D eigenvalue weighted by atomic mass is 15.2. The van der Waals surface area contributed by atoms with E-state index in [0.717, 1.165) is 13.1 Å². The molecule has 1 saturated heterocycles. The molecule has 2 heteroatoms. The molecular weight excluding hydrogens is 184 g/mol. The SMILES string of the molecule is Cc1ccc(C(C)C)c(N2CC(N)C2)c1. The van der Waals surface area contributed by atoms with Crippen molar-refractivity contribution in [2.45, 2.75) is 32.7 Å². The molecule has 82 valence electrons. The fourth-order valence-electron chi connectivity index (χ4n) is 2.13. The van der Waals surface area contributed by atoms with Gasteiger partial charge in [-0.15, -0.1) is 0 Å². The Morgan fingerprint density at radius 1 is 1.33 bits per heavy atom. The van der Waals surface area contributed by atoms with Crippen LogP contribution in [0.5, 0.6) is 0 Å². The Hall–Kier alpha value is -1.02. The average molecular weight is 204 g/mol. The van der Waals surface area contributed by atoms with E-state index < -0.39 is 0 Å². The molecule has 1 heterocycles. The first-order valence-electron chi connectivity index (χ1n) is 5.69. The minimum atomic E-state index is 0.366. The predicted octanol–water partition coefficient (Wildman–Crippen LogP) is 2.27. The third kappa shape index (κ3) is 2.00. The van der Waals surface area contributed by atoms with Gasteiger partial charge in [0.05, 0.1) is 0 Å². The lowest BCUT2D eigenvalue weighted by Crippen LogP contribution is -2.56. The van der Waals surface area contributed by atoms with Crippen molar-refractivity contribution >= 4 is 5.69 Å². The molecule has 0 aromatic heterocycles. The zero-order valence-corrected chi connectivity index (χ0v) is 9.83. The van der Waals surface area contributed by atoms with Crippen LogP contribution in [0.3, 0.4) is 0 Å². The molecular formula is C13H20N2. The summed E-state index contributed by atoms with van der Waals surface area (Å²) in [6.07, 6.45) is 0. The van der Waals surface area contributed by atoms with Gasteiger partial charge in [0.1, 0.15) is 0 Å². The van der Waals surface area contributed by atoms with Crippen molar-refractivity contribution in [2.24, 2.45) is 5.73 Å². The van der Waals surface area contributed by atoms with Crippen LogP contribution < -0.4 is 10.6 Å². The maximum atomic E-state index is 5.83. The van der Waals surface area contributed by atoms with Crippen molar-refractivity contribution in [1.82, 2.24) is 0 Å². The van der Waals surface area contributed by atoms with Crippen molar-refractivity contribution in [3.05, 3.63) is 29.3 Å². The van der Waals surface area contributed by atoms with E-state index in [1.807, 2.05) is 0 Å². The van der Waals surface area contributed by atoms with E-state index >= 15 is 0 Å². The van der Waals surface area contributed by atoms with Gasteiger partial charge in [0, 0.05) is 24.8 Å². The van der Waals surface area contributed by atoms with Crippen molar-refractivity contribution in [3.8, 4) is 0 Å². The van der Waals surface area contributed by atoms with Crippen LogP contribution in [0, 0.1) is 6.92 Å². The van der Waals surface area contributed by atoms with Gasteiger partial charge in [0.25, 0.3) is 0 Å². The van der Waals surface area contributed by atoms with Crippen molar-refractivity contribution < 1.29 is 0 Å². The molecule has 0 amide bonds. The van der Waals surface area contributed by atoms with Crippen LogP contribution in [-0.4, -0.2) is 19.1 Å². The molecule has 1 aliphatic heterocycles. The molecule has 0 spiro atoms. The maximum Gasteiger partial charge on any atom is 0.0405 e. The summed E-state index contributed by atoms with van der Waals surface area (Å²) in [5.41, 5.74) is 9.98. The minimum Gasteiger partial charge on any atom is -0.368 e. The van der Waals surface area contributed by atoms with E-state index in [9.17, 15) is 0 Å². The van der Waals surface area contributed by atoms with Gasteiger partial charge >= 0.3 is 0 Å². The summed E-state index contributed by atoms with van der Waals surface area (Å²) >= 11 is 0. The van der Waals surface area contributed by atoms with Crippen molar-refractivity contribution in [2.75, 3.05) is 18.0 Å². The molecule has 1 aromatic rings. The number of nitrogens with zero attached hydrogens (tertiary/aromatic N) is 1. The first-order valence-corrected chi connectivity index (χ1v) is 5.69. The van der Waals surface area contributed by atoms with E-state index in [2.05, 4.69) is 43.9 Å². The molecule has 2 N–H and O–H groups in total. The Labute approximate surface area is 92.1 Å². The third-order valence-corrected chi connectivity index (χ3v) is 3.06. The van der Waals surface area contributed by atoms with Gasteiger partial charge in [-0.25, -0.2) is 0 Å². The Kier molecular flexibility index (Phi) is 2.70. The largest absolute Gasteiger partial charge is 0.368 e. The van der Waals surface area contributed by atoms with Crippen LogP contribution in [0.4, 0.5) is 5.69 Å². The summed E-state index contributed by atoms with van der Waals surface area (Å²) in [6.45, 7) is 8.64. The van der Waals surface area contributed by atoms with Crippen molar-refractivity contribution in [1.29, 1.82) is 0 Å². The highest BCUT2D eigenvalue weighted by Gasteiger charge is 2.25. The molecule has 0 radical (unpaired) electrons. The lowest BCUT2D eigenvalue weighted by Gasteiger charge is -2.40. The highest BCUT2D eigenvalue weighted by Crippen LogP contribution is 2.31. The van der Waals surface area contributed by atoms with Gasteiger partial charge in [-0.3, -0.25) is 0 Å². The fraction of sp³-hybridized carbons (Fsp3) is 0.538. The summed E-state index contributed by atoms with van der Waals surface area (Å²) in [5, 5.41) is 0. The van der Waals surface area contributed by atoms with Crippen LogP contribution in [0.25, 0.3) is 0 Å². The van der Waals surface area contributed by atoms with E-state index in [-0.39, 0.29) is 0 Å². The number of benzene rings is 1. The Morgan fingerprint density at radius 3 is 2.53 bits per heavy atom. The average Bonchev–Trinajstić information content (AvgIpc) is 2.12. The molecule has 0 bridgehead atoms. The molecule has 2 rings (SSSR count). The van der Waals surface area contributed by atoms with Crippen LogP contribution in [-0.2, 0) is 0 Å². The second kappa shape index (κ2) is 3.86. The van der Waals surface area contributed by atoms with E-state index in [1.54, 1.807) is 0 Å². The number of aryl methyl sites for hydroxylation is 1. The predicted molar refractivity (Wildman–Crippen MR) is 65.5 cm³/mol. The summed E-state index contributed by atoms with van der Waals surface area (Å²) in [5.74, 6) is 0.581. The van der Waals surface area contributed by atoms with Gasteiger partial charge in [0.2, 0.25) is 0 Å². The maximum absolute atomic E-state index is 5.83. The van der Waals surface area contributed by atoms with Crippen molar-refractivity contribution in [3.63, 3.8) is 0 Å². The van der Waals surface area contributed by atoms with Gasteiger partial charge in [-0.1, -0.05) is 26.0 Å². The third-order valence-electron chi connectivity index (χ3n) is 3.06. The molecule has 0 aliphatic carbocycles. The van der Waals surface area contributed by atoms with Gasteiger partial charge in [-0.05, 0) is 30.0 Å². The molecule has 1 fully saturated rings. The van der Waals surface area contributed by atoms with Crippen LogP contribution in [0.1, 0.15) is 30.9 Å². The summed E-state index contributed by atoms with van der Waals surface area (Å²) in [6, 6.07) is 7.09. The zero-order valence-electron chi connectivity index (χ0n) is 9.83. The topological polar surface area (TPSA) is 29.3 Å². The number of anilines is 1. The fourth-order valence-corrected chi connectivity index (χ4v) is 2.13. The van der Waals surface area contributed by atoms with Gasteiger partial charge in [-0.2, -0.15) is 0 Å². The summed E-state index contributed by atoms with van der Waals surface area (Å²) in [7, 11) is 0. The Balaban J connectivity index is 2.31. The van der Waals surface area contributed by atoms with Crippen LogP contribution >= 0.6 is 0 Å². The normalized spacial score (nSPS) is 17.0. The molecule has 0 saturated carbocycles. The molecule has 15 heavy (non-hydrogen) atoms. The lowest BCUT2D eigenvalue weighted by molar-refractivity contribution is 0.517. The Bertz CT molecular complexity index is 352. The zero-order chi connectivity index (χ0) is 11.0. The molecule has 0 atom stereocenters. The standard InChI is InChI=1S/C13H20N2/c1-9(2)12-5-4-10(3)6-13(12)15-7-11(14)8-15/h4-6,9,11H,7-8,14H2,1-3H3. The lowest BCUT2D eigenvalue weighted by atomic mass is 9.96. The quantitative estimate of drug-likeness (QED) is 0.800. The number of hydrogen-bond acceptors (Lipinski definition) is 2. The summed E-state index contributed by atoms with van der Waals surface area (Å²) in [4.78, 5) is 2.38. The summed E-state index contributed by atoms with van der Waals surface area (Å²) < 4.78 is 0. The van der Waals surface area contributed by atoms with E-state index in [1.165, 1.54) is 16.8 Å². The van der Waals surface area contributed by atoms with E-state index in [4.69, 9.17) is 5.73 Å². The second-order valence-electron chi connectivity index (χ2n) is 4.88. The molecule has 1 aromatic carbocycles.